The fourth-order valence-electron chi connectivity index (χ4n) is 2.76. The standard InChI is InChI=1S/C20H30O2/c1-15(2)18-13-11-16(3)7-5-9-19(20(21)22)10-6-8-17(4)12-14-18/h7,10,12,18H,1,5-6,8-9,11,13-14H2,2-4H3,(H,21,22)/b16-7+,17-12+,19-10+. The van der Waals surface area contributed by atoms with Crippen molar-refractivity contribution in [2.45, 2.75) is 65.7 Å². The van der Waals surface area contributed by atoms with Gasteiger partial charge in [-0.15, -0.1) is 0 Å². The van der Waals surface area contributed by atoms with Crippen LogP contribution in [0.25, 0.3) is 0 Å². The SMILES string of the molecule is C=C(C)C1C/C=C(\C)CC/C=C(/C(=O)O)CC/C=C(\C)CC1. The van der Waals surface area contributed by atoms with Gasteiger partial charge in [0.25, 0.3) is 0 Å². The van der Waals surface area contributed by atoms with Crippen LogP contribution >= 0.6 is 0 Å². The molecule has 1 aliphatic rings. The van der Waals surface area contributed by atoms with E-state index in [9.17, 15) is 9.90 Å². The van der Waals surface area contributed by atoms with Crippen LogP contribution in [0.1, 0.15) is 65.7 Å². The number of hydrogen-bond donors (Lipinski definition) is 1. The molecule has 122 valence electrons. The third-order valence-electron chi connectivity index (χ3n) is 4.45. The minimum atomic E-state index is -0.776. The summed E-state index contributed by atoms with van der Waals surface area (Å²) < 4.78 is 0. The van der Waals surface area contributed by atoms with E-state index < -0.39 is 5.97 Å². The molecule has 0 spiro atoms. The molecule has 1 unspecified atom stereocenters. The van der Waals surface area contributed by atoms with E-state index in [1.807, 2.05) is 6.08 Å². The molecule has 2 heteroatoms. The topological polar surface area (TPSA) is 37.3 Å². The van der Waals surface area contributed by atoms with E-state index >= 15 is 0 Å². The molecule has 0 radical (unpaired) electrons. The predicted molar refractivity (Wildman–Crippen MR) is 93.9 cm³/mol. The molecule has 0 bridgehead atoms. The lowest BCUT2D eigenvalue weighted by Gasteiger charge is -2.16. The summed E-state index contributed by atoms with van der Waals surface area (Å²) in [5.41, 5.74) is 4.51. The Morgan fingerprint density at radius 2 is 1.73 bits per heavy atom. The van der Waals surface area contributed by atoms with E-state index in [1.54, 1.807) is 0 Å². The van der Waals surface area contributed by atoms with Crippen LogP contribution in [0.4, 0.5) is 0 Å². The van der Waals surface area contributed by atoms with Crippen LogP contribution in [0.15, 0.2) is 47.1 Å². The van der Waals surface area contributed by atoms with Crippen molar-refractivity contribution in [3.63, 3.8) is 0 Å². The van der Waals surface area contributed by atoms with Crippen molar-refractivity contribution in [2.75, 3.05) is 0 Å². The van der Waals surface area contributed by atoms with Gasteiger partial charge in [0, 0.05) is 5.57 Å². The highest BCUT2D eigenvalue weighted by atomic mass is 16.4. The Morgan fingerprint density at radius 3 is 2.36 bits per heavy atom. The number of hydrogen-bond acceptors (Lipinski definition) is 1. The Labute approximate surface area is 135 Å². The monoisotopic (exact) mass is 302 g/mol. The first-order chi connectivity index (χ1) is 10.4. The van der Waals surface area contributed by atoms with E-state index in [1.165, 1.54) is 16.7 Å². The number of aliphatic carboxylic acids is 1. The summed E-state index contributed by atoms with van der Waals surface area (Å²) in [5, 5.41) is 9.26. The van der Waals surface area contributed by atoms with Crippen LogP contribution in [0.5, 0.6) is 0 Å². The van der Waals surface area contributed by atoms with Crippen molar-refractivity contribution in [2.24, 2.45) is 5.92 Å². The summed E-state index contributed by atoms with van der Waals surface area (Å²) >= 11 is 0. The molecule has 1 rings (SSSR count). The average molecular weight is 302 g/mol. The molecule has 1 aliphatic carbocycles. The maximum absolute atomic E-state index is 11.3. The summed E-state index contributed by atoms with van der Waals surface area (Å²) in [6.45, 7) is 10.5. The Balaban J connectivity index is 2.88. The molecule has 0 aromatic rings. The molecule has 0 saturated carbocycles. The number of allylic oxidation sites excluding steroid dienone is 6. The second-order valence-electron chi connectivity index (χ2n) is 6.53. The quantitative estimate of drug-likeness (QED) is 0.652. The van der Waals surface area contributed by atoms with Gasteiger partial charge in [0.2, 0.25) is 0 Å². The number of rotatable bonds is 2. The van der Waals surface area contributed by atoms with Gasteiger partial charge in [-0.3, -0.25) is 0 Å². The molecule has 1 N–H and O–H groups in total. The van der Waals surface area contributed by atoms with Crippen molar-refractivity contribution in [3.8, 4) is 0 Å². The van der Waals surface area contributed by atoms with Crippen LogP contribution in [-0.4, -0.2) is 11.1 Å². The zero-order valence-electron chi connectivity index (χ0n) is 14.3. The molecule has 0 saturated heterocycles. The van der Waals surface area contributed by atoms with E-state index in [0.29, 0.717) is 17.9 Å². The van der Waals surface area contributed by atoms with Gasteiger partial charge in [-0.1, -0.05) is 41.5 Å². The lowest BCUT2D eigenvalue weighted by atomic mass is 9.89. The number of carboxylic acid groups (broad SMARTS) is 1. The maximum Gasteiger partial charge on any atom is 0.331 e. The largest absolute Gasteiger partial charge is 0.478 e. The molecule has 1 atom stereocenters. The highest BCUT2D eigenvalue weighted by molar-refractivity contribution is 5.86. The second-order valence-corrected chi connectivity index (χ2v) is 6.53. The zero-order valence-corrected chi connectivity index (χ0v) is 14.3. The third-order valence-corrected chi connectivity index (χ3v) is 4.45. The van der Waals surface area contributed by atoms with Crippen molar-refractivity contribution in [1.82, 2.24) is 0 Å². The number of carboxylic acids is 1. The van der Waals surface area contributed by atoms with Gasteiger partial charge in [0.1, 0.15) is 0 Å². The van der Waals surface area contributed by atoms with Gasteiger partial charge in [-0.05, 0) is 71.6 Å². The highest BCUT2D eigenvalue weighted by Gasteiger charge is 2.10. The fraction of sp³-hybridized carbons (Fsp3) is 0.550. The molecule has 0 heterocycles. The van der Waals surface area contributed by atoms with Gasteiger partial charge in [0.15, 0.2) is 0 Å². The Hall–Kier alpha value is -1.57. The first kappa shape index (κ1) is 18.5. The van der Waals surface area contributed by atoms with E-state index in [0.717, 1.165) is 38.5 Å². The van der Waals surface area contributed by atoms with Crippen molar-refractivity contribution < 1.29 is 9.90 Å². The Bertz CT molecular complexity index is 492. The van der Waals surface area contributed by atoms with E-state index in [4.69, 9.17) is 0 Å². The molecule has 0 fully saturated rings. The zero-order chi connectivity index (χ0) is 16.5. The Morgan fingerprint density at radius 1 is 1.09 bits per heavy atom. The van der Waals surface area contributed by atoms with Crippen molar-refractivity contribution in [3.05, 3.63) is 47.1 Å². The van der Waals surface area contributed by atoms with Crippen molar-refractivity contribution in [1.29, 1.82) is 0 Å². The number of carbonyl (C=O) groups is 1. The molecular formula is C20H30O2. The lowest BCUT2D eigenvalue weighted by Crippen LogP contribution is -2.02. The summed E-state index contributed by atoms with van der Waals surface area (Å²) in [6.07, 6.45) is 12.8. The minimum absolute atomic E-state index is 0.548. The fourth-order valence-corrected chi connectivity index (χ4v) is 2.76. The Kier molecular flexibility index (Phi) is 7.94. The molecule has 0 aromatic carbocycles. The normalized spacial score (nSPS) is 29.0. The summed E-state index contributed by atoms with van der Waals surface area (Å²) in [6, 6.07) is 0. The average Bonchev–Trinajstić information content (AvgIpc) is 2.44. The predicted octanol–water partition coefficient (Wildman–Crippen LogP) is 5.83. The summed E-state index contributed by atoms with van der Waals surface area (Å²) in [7, 11) is 0. The maximum atomic E-state index is 11.3. The van der Waals surface area contributed by atoms with E-state index in [-0.39, 0.29) is 0 Å². The van der Waals surface area contributed by atoms with Gasteiger partial charge >= 0.3 is 5.97 Å². The highest BCUT2D eigenvalue weighted by Crippen LogP contribution is 2.24. The molecule has 0 amide bonds. The van der Waals surface area contributed by atoms with Crippen LogP contribution in [0, 0.1) is 5.92 Å². The van der Waals surface area contributed by atoms with Gasteiger partial charge < -0.3 is 5.11 Å². The van der Waals surface area contributed by atoms with Crippen LogP contribution < -0.4 is 0 Å². The first-order valence-electron chi connectivity index (χ1n) is 8.29. The van der Waals surface area contributed by atoms with Crippen molar-refractivity contribution >= 4 is 5.97 Å². The minimum Gasteiger partial charge on any atom is -0.478 e. The smallest absolute Gasteiger partial charge is 0.331 e. The molecule has 0 aliphatic heterocycles. The summed E-state index contributed by atoms with van der Waals surface area (Å²) in [4.78, 5) is 11.3. The van der Waals surface area contributed by atoms with Gasteiger partial charge in [-0.2, -0.15) is 0 Å². The molecule has 22 heavy (non-hydrogen) atoms. The van der Waals surface area contributed by atoms with Crippen LogP contribution in [0.3, 0.4) is 0 Å². The van der Waals surface area contributed by atoms with Gasteiger partial charge in [0.05, 0.1) is 0 Å². The molecule has 2 nitrogen and oxygen atoms in total. The molecular weight excluding hydrogens is 272 g/mol. The summed E-state index contributed by atoms with van der Waals surface area (Å²) in [5.74, 6) is -0.228. The van der Waals surface area contributed by atoms with Crippen LogP contribution in [-0.2, 0) is 4.79 Å². The lowest BCUT2D eigenvalue weighted by molar-refractivity contribution is -0.132. The third kappa shape index (κ3) is 6.93. The first-order valence-corrected chi connectivity index (χ1v) is 8.29. The van der Waals surface area contributed by atoms with E-state index in [2.05, 4.69) is 39.5 Å². The van der Waals surface area contributed by atoms with Gasteiger partial charge in [-0.25, -0.2) is 4.79 Å². The van der Waals surface area contributed by atoms with Crippen LogP contribution in [0.2, 0.25) is 0 Å². The molecule has 0 aromatic heterocycles. The second kappa shape index (κ2) is 9.45.